The van der Waals surface area contributed by atoms with Crippen molar-refractivity contribution in [3.8, 4) is 22.6 Å². The Labute approximate surface area is 186 Å². The maximum absolute atomic E-state index is 11.4. The number of nitrogens with zero attached hydrogens (tertiary/aromatic N) is 2. The SMILES string of the molecule is COc1cc2c(cc1[N+](=O)[O-])C=CC1(O2)N(C)c2c(-c3ccccc3)cccc2C1(C)C. The number of fused-ring (bicyclic) bond motifs is 2. The van der Waals surface area contributed by atoms with Crippen LogP contribution in [0.2, 0.25) is 0 Å². The van der Waals surface area contributed by atoms with Crippen LogP contribution in [0.5, 0.6) is 11.5 Å². The number of rotatable bonds is 3. The van der Waals surface area contributed by atoms with Gasteiger partial charge < -0.3 is 14.4 Å². The van der Waals surface area contributed by atoms with Crippen molar-refractivity contribution in [3.63, 3.8) is 0 Å². The molecule has 32 heavy (non-hydrogen) atoms. The molecule has 2 aliphatic rings. The maximum atomic E-state index is 11.4. The van der Waals surface area contributed by atoms with E-state index in [9.17, 15) is 10.1 Å². The van der Waals surface area contributed by atoms with Crippen LogP contribution < -0.4 is 14.4 Å². The van der Waals surface area contributed by atoms with E-state index in [2.05, 4.69) is 49.1 Å². The molecule has 1 atom stereocenters. The molecule has 0 saturated heterocycles. The third-order valence-corrected chi connectivity index (χ3v) is 6.79. The molecule has 2 heterocycles. The number of benzene rings is 3. The van der Waals surface area contributed by atoms with Crippen molar-refractivity contribution in [1.29, 1.82) is 0 Å². The molecule has 0 bridgehead atoms. The lowest BCUT2D eigenvalue weighted by Gasteiger charge is -2.45. The average molecular weight is 428 g/mol. The molecule has 0 N–H and O–H groups in total. The summed E-state index contributed by atoms with van der Waals surface area (Å²) in [5.41, 5.74) is 3.96. The number of hydrogen-bond acceptors (Lipinski definition) is 5. The first kappa shape index (κ1) is 20.1. The minimum atomic E-state index is -0.797. The van der Waals surface area contributed by atoms with E-state index in [1.54, 1.807) is 6.07 Å². The van der Waals surface area contributed by atoms with Gasteiger partial charge in [0.25, 0.3) is 0 Å². The third kappa shape index (κ3) is 2.59. The molecular weight excluding hydrogens is 404 g/mol. The van der Waals surface area contributed by atoms with Crippen LogP contribution >= 0.6 is 0 Å². The van der Waals surface area contributed by atoms with E-state index in [0.717, 1.165) is 16.8 Å². The lowest BCUT2D eigenvalue weighted by molar-refractivity contribution is -0.385. The summed E-state index contributed by atoms with van der Waals surface area (Å²) in [7, 11) is 3.47. The van der Waals surface area contributed by atoms with Crippen molar-refractivity contribution in [1.82, 2.24) is 0 Å². The van der Waals surface area contributed by atoms with Crippen molar-refractivity contribution in [2.75, 3.05) is 19.1 Å². The normalized spacial score (nSPS) is 19.9. The second-order valence-corrected chi connectivity index (χ2v) is 8.70. The molecule has 0 radical (unpaired) electrons. The van der Waals surface area contributed by atoms with E-state index in [1.807, 2.05) is 37.4 Å². The van der Waals surface area contributed by atoms with Crippen molar-refractivity contribution in [2.24, 2.45) is 0 Å². The summed E-state index contributed by atoms with van der Waals surface area (Å²) in [5.74, 6) is 0.740. The van der Waals surface area contributed by atoms with Gasteiger partial charge in [-0.25, -0.2) is 0 Å². The van der Waals surface area contributed by atoms with Gasteiger partial charge in [0.15, 0.2) is 0 Å². The van der Waals surface area contributed by atoms with E-state index in [4.69, 9.17) is 9.47 Å². The van der Waals surface area contributed by atoms with Gasteiger partial charge in [0.1, 0.15) is 5.75 Å². The van der Waals surface area contributed by atoms with Gasteiger partial charge in [0.2, 0.25) is 11.5 Å². The summed E-state index contributed by atoms with van der Waals surface area (Å²) in [6.45, 7) is 4.34. The Hall–Kier alpha value is -3.80. The van der Waals surface area contributed by atoms with Gasteiger partial charge in [-0.1, -0.05) is 48.5 Å². The Morgan fingerprint density at radius 3 is 2.50 bits per heavy atom. The van der Waals surface area contributed by atoms with E-state index in [-0.39, 0.29) is 11.4 Å². The van der Waals surface area contributed by atoms with E-state index < -0.39 is 16.1 Å². The minimum Gasteiger partial charge on any atom is -0.490 e. The Bertz CT molecular complexity index is 1270. The van der Waals surface area contributed by atoms with Crippen LogP contribution in [0.4, 0.5) is 11.4 Å². The highest BCUT2D eigenvalue weighted by atomic mass is 16.6. The zero-order valence-corrected chi connectivity index (χ0v) is 18.5. The molecule has 6 nitrogen and oxygen atoms in total. The highest BCUT2D eigenvalue weighted by Gasteiger charge is 2.58. The molecule has 6 heteroatoms. The van der Waals surface area contributed by atoms with Gasteiger partial charge in [-0.15, -0.1) is 0 Å². The number of nitro groups is 1. The molecule has 0 amide bonds. The summed E-state index contributed by atoms with van der Waals surface area (Å²) in [5, 5.41) is 11.4. The van der Waals surface area contributed by atoms with Gasteiger partial charge in [-0.2, -0.15) is 0 Å². The van der Waals surface area contributed by atoms with Crippen LogP contribution in [0, 0.1) is 10.1 Å². The minimum absolute atomic E-state index is 0.0795. The summed E-state index contributed by atoms with van der Waals surface area (Å²) < 4.78 is 12.0. The fraction of sp³-hybridized carbons (Fsp3) is 0.231. The van der Waals surface area contributed by atoms with Gasteiger partial charge >= 0.3 is 5.69 Å². The van der Waals surface area contributed by atoms with Crippen molar-refractivity contribution >= 4 is 17.5 Å². The molecule has 2 aliphatic heterocycles. The number of nitro benzene ring substituents is 1. The lowest BCUT2D eigenvalue weighted by Crippen LogP contribution is -2.58. The van der Waals surface area contributed by atoms with Crippen LogP contribution in [0.25, 0.3) is 17.2 Å². The molecule has 0 fully saturated rings. The Balaban J connectivity index is 1.67. The van der Waals surface area contributed by atoms with Gasteiger partial charge in [0, 0.05) is 30.3 Å². The van der Waals surface area contributed by atoms with Crippen molar-refractivity contribution < 1.29 is 14.4 Å². The van der Waals surface area contributed by atoms with Crippen LogP contribution in [0.15, 0.2) is 66.7 Å². The van der Waals surface area contributed by atoms with Crippen LogP contribution in [0.3, 0.4) is 0 Å². The largest absolute Gasteiger partial charge is 0.490 e. The fourth-order valence-corrected chi connectivity index (χ4v) is 5.05. The number of likely N-dealkylation sites (N-methyl/N-ethyl adjacent to an activating group) is 1. The quantitative estimate of drug-likeness (QED) is 0.390. The van der Waals surface area contributed by atoms with Crippen LogP contribution in [-0.2, 0) is 5.41 Å². The molecule has 0 aliphatic carbocycles. The molecule has 162 valence electrons. The smallest absolute Gasteiger partial charge is 0.311 e. The predicted octanol–water partition coefficient (Wildman–Crippen LogP) is 5.80. The lowest BCUT2D eigenvalue weighted by atomic mass is 9.76. The highest BCUT2D eigenvalue weighted by molar-refractivity contribution is 5.86. The zero-order chi connectivity index (χ0) is 22.7. The van der Waals surface area contributed by atoms with Crippen LogP contribution in [0.1, 0.15) is 25.0 Å². The first-order valence-corrected chi connectivity index (χ1v) is 10.5. The molecule has 3 aromatic carbocycles. The topological polar surface area (TPSA) is 64.8 Å². The van der Waals surface area contributed by atoms with Crippen molar-refractivity contribution in [2.45, 2.75) is 25.0 Å². The zero-order valence-electron chi connectivity index (χ0n) is 18.5. The first-order valence-electron chi connectivity index (χ1n) is 10.5. The highest BCUT2D eigenvalue weighted by Crippen LogP contribution is 2.57. The van der Waals surface area contributed by atoms with E-state index in [0.29, 0.717) is 11.3 Å². The Morgan fingerprint density at radius 2 is 1.81 bits per heavy atom. The molecule has 1 spiro atoms. The number of methoxy groups -OCH3 is 1. The van der Waals surface area contributed by atoms with Gasteiger partial charge in [-0.05, 0) is 37.1 Å². The first-order chi connectivity index (χ1) is 15.3. The van der Waals surface area contributed by atoms with Crippen LogP contribution in [-0.4, -0.2) is 24.8 Å². The second-order valence-electron chi connectivity index (χ2n) is 8.70. The fourth-order valence-electron chi connectivity index (χ4n) is 5.05. The van der Waals surface area contributed by atoms with Gasteiger partial charge in [-0.3, -0.25) is 10.1 Å². The molecule has 5 rings (SSSR count). The number of hydrogen-bond donors (Lipinski definition) is 0. The van der Waals surface area contributed by atoms with Gasteiger partial charge in [0.05, 0.1) is 23.1 Å². The van der Waals surface area contributed by atoms with Crippen molar-refractivity contribution in [3.05, 3.63) is 88.0 Å². The molecule has 0 saturated carbocycles. The predicted molar refractivity (Wildman–Crippen MR) is 125 cm³/mol. The third-order valence-electron chi connectivity index (χ3n) is 6.79. The average Bonchev–Trinajstić information content (AvgIpc) is 2.97. The molecular formula is C26H24N2O4. The number of anilines is 1. The number of para-hydroxylation sites is 1. The molecule has 3 aromatic rings. The summed E-state index contributed by atoms with van der Waals surface area (Å²) in [6, 6.07) is 19.8. The number of ether oxygens (including phenoxy) is 2. The summed E-state index contributed by atoms with van der Waals surface area (Å²) in [4.78, 5) is 13.2. The summed E-state index contributed by atoms with van der Waals surface area (Å²) in [6.07, 6.45) is 3.93. The maximum Gasteiger partial charge on any atom is 0.311 e. The van der Waals surface area contributed by atoms with E-state index >= 15 is 0 Å². The molecule has 1 unspecified atom stereocenters. The standard InChI is InChI=1S/C26H24N2O4/c1-25(2)20-12-8-11-19(17-9-6-5-7-10-17)24(20)27(3)26(25)14-13-18-15-21(28(29)30)23(31-4)16-22(18)32-26/h5-16H,1-4H3. The summed E-state index contributed by atoms with van der Waals surface area (Å²) >= 11 is 0. The monoisotopic (exact) mass is 428 g/mol. The second kappa shape index (κ2) is 6.85. The Kier molecular flexibility index (Phi) is 4.31. The molecule has 0 aromatic heterocycles. The van der Waals surface area contributed by atoms with E-state index in [1.165, 1.54) is 18.7 Å². The Morgan fingerprint density at radius 1 is 1.06 bits per heavy atom.